The molecule has 0 spiro atoms. The van der Waals surface area contributed by atoms with Crippen LogP contribution in [0, 0.1) is 5.82 Å². The SMILES string of the molecule is COC(C=O)c1c(F)cccc1Br. The number of carbonyl (C=O) groups excluding carboxylic acids is 1. The first-order valence-electron chi connectivity index (χ1n) is 3.62. The highest BCUT2D eigenvalue weighted by molar-refractivity contribution is 9.10. The number of aldehydes is 1. The fourth-order valence-electron chi connectivity index (χ4n) is 1.02. The maximum atomic E-state index is 13.2. The van der Waals surface area contributed by atoms with Crippen molar-refractivity contribution >= 4 is 22.2 Å². The average Bonchev–Trinajstić information content (AvgIpc) is 2.11. The number of benzene rings is 1. The van der Waals surface area contributed by atoms with E-state index in [0.717, 1.165) is 0 Å². The lowest BCUT2D eigenvalue weighted by Gasteiger charge is -2.11. The van der Waals surface area contributed by atoms with Gasteiger partial charge >= 0.3 is 0 Å². The summed E-state index contributed by atoms with van der Waals surface area (Å²) in [5, 5.41) is 0. The van der Waals surface area contributed by atoms with Crippen LogP contribution in [0.4, 0.5) is 4.39 Å². The van der Waals surface area contributed by atoms with Gasteiger partial charge in [-0.25, -0.2) is 4.39 Å². The first kappa shape index (κ1) is 10.3. The molecule has 0 aliphatic rings. The van der Waals surface area contributed by atoms with E-state index in [-0.39, 0.29) is 5.56 Å². The summed E-state index contributed by atoms with van der Waals surface area (Å²) in [6.07, 6.45) is -0.293. The summed E-state index contributed by atoms with van der Waals surface area (Å²) in [6.45, 7) is 0. The largest absolute Gasteiger partial charge is 0.369 e. The van der Waals surface area contributed by atoms with E-state index >= 15 is 0 Å². The fraction of sp³-hybridized carbons (Fsp3) is 0.222. The van der Waals surface area contributed by atoms with Gasteiger partial charge in [0.2, 0.25) is 0 Å². The van der Waals surface area contributed by atoms with E-state index in [1.165, 1.54) is 13.2 Å². The smallest absolute Gasteiger partial charge is 0.153 e. The van der Waals surface area contributed by atoms with Crippen LogP contribution in [0.25, 0.3) is 0 Å². The van der Waals surface area contributed by atoms with Crippen molar-refractivity contribution in [3.8, 4) is 0 Å². The molecule has 0 heterocycles. The molecule has 1 aromatic carbocycles. The van der Waals surface area contributed by atoms with E-state index in [0.29, 0.717) is 10.8 Å². The zero-order valence-electron chi connectivity index (χ0n) is 6.96. The Kier molecular flexibility index (Phi) is 3.57. The van der Waals surface area contributed by atoms with Gasteiger partial charge in [0.1, 0.15) is 11.9 Å². The van der Waals surface area contributed by atoms with Crippen LogP contribution in [0.2, 0.25) is 0 Å². The monoisotopic (exact) mass is 246 g/mol. The second-order valence-electron chi connectivity index (χ2n) is 2.43. The van der Waals surface area contributed by atoms with E-state index in [2.05, 4.69) is 15.9 Å². The molecule has 1 aromatic rings. The molecule has 0 radical (unpaired) electrons. The van der Waals surface area contributed by atoms with Gasteiger partial charge in [-0.15, -0.1) is 0 Å². The Morgan fingerprint density at radius 3 is 2.77 bits per heavy atom. The summed E-state index contributed by atoms with van der Waals surface area (Å²) < 4.78 is 18.5. The van der Waals surface area contributed by atoms with Crippen molar-refractivity contribution in [2.45, 2.75) is 6.10 Å². The standard InChI is InChI=1S/C9H8BrFO2/c1-13-8(5-12)9-6(10)3-2-4-7(9)11/h2-5,8H,1H3. The molecule has 0 amide bonds. The summed E-state index contributed by atoms with van der Waals surface area (Å²) in [5.41, 5.74) is 0.236. The summed E-state index contributed by atoms with van der Waals surface area (Å²) in [7, 11) is 1.36. The summed E-state index contributed by atoms with van der Waals surface area (Å²) in [6, 6.07) is 4.50. The molecule has 1 unspecified atom stereocenters. The molecule has 13 heavy (non-hydrogen) atoms. The average molecular weight is 247 g/mol. The van der Waals surface area contributed by atoms with Crippen LogP contribution < -0.4 is 0 Å². The number of hydrogen-bond acceptors (Lipinski definition) is 2. The third-order valence-electron chi connectivity index (χ3n) is 1.66. The molecule has 1 rings (SSSR count). The molecule has 0 saturated carbocycles. The van der Waals surface area contributed by atoms with Gasteiger partial charge in [0, 0.05) is 17.1 Å². The molecular weight excluding hydrogens is 239 g/mol. The van der Waals surface area contributed by atoms with Crippen molar-refractivity contribution in [2.75, 3.05) is 7.11 Å². The molecule has 70 valence electrons. The normalized spacial score (nSPS) is 12.5. The van der Waals surface area contributed by atoms with Crippen LogP contribution in [-0.4, -0.2) is 13.4 Å². The Bertz CT molecular complexity index is 294. The number of halogens is 2. The van der Waals surface area contributed by atoms with Crippen LogP contribution in [0.3, 0.4) is 0 Å². The minimum absolute atomic E-state index is 0.236. The summed E-state index contributed by atoms with van der Waals surface area (Å²) >= 11 is 3.15. The topological polar surface area (TPSA) is 26.3 Å². The minimum Gasteiger partial charge on any atom is -0.369 e. The van der Waals surface area contributed by atoms with Crippen molar-refractivity contribution < 1.29 is 13.9 Å². The zero-order valence-corrected chi connectivity index (χ0v) is 8.55. The van der Waals surface area contributed by atoms with Crippen LogP contribution >= 0.6 is 15.9 Å². The van der Waals surface area contributed by atoms with E-state index in [4.69, 9.17) is 4.74 Å². The lowest BCUT2D eigenvalue weighted by molar-refractivity contribution is -0.116. The van der Waals surface area contributed by atoms with E-state index in [1.807, 2.05) is 0 Å². The van der Waals surface area contributed by atoms with Crippen molar-refractivity contribution in [1.82, 2.24) is 0 Å². The number of methoxy groups -OCH3 is 1. The molecule has 0 saturated heterocycles. The van der Waals surface area contributed by atoms with Gasteiger partial charge in [0.25, 0.3) is 0 Å². The van der Waals surface area contributed by atoms with Crippen LogP contribution in [-0.2, 0) is 9.53 Å². The maximum absolute atomic E-state index is 13.2. The Morgan fingerprint density at radius 2 is 2.31 bits per heavy atom. The van der Waals surface area contributed by atoms with Crippen molar-refractivity contribution in [3.05, 3.63) is 34.1 Å². The molecule has 2 nitrogen and oxygen atoms in total. The molecule has 0 N–H and O–H groups in total. The number of carbonyl (C=O) groups is 1. The quantitative estimate of drug-likeness (QED) is 0.767. The van der Waals surface area contributed by atoms with Crippen molar-refractivity contribution in [2.24, 2.45) is 0 Å². The van der Waals surface area contributed by atoms with Gasteiger partial charge in [0.15, 0.2) is 6.29 Å². The van der Waals surface area contributed by atoms with Gasteiger partial charge in [-0.05, 0) is 12.1 Å². The molecular formula is C9H8BrFO2. The predicted molar refractivity (Wildman–Crippen MR) is 49.9 cm³/mol. The van der Waals surface area contributed by atoms with Crippen LogP contribution in [0.5, 0.6) is 0 Å². The summed E-state index contributed by atoms with van der Waals surface area (Å²) in [5.74, 6) is -0.451. The highest BCUT2D eigenvalue weighted by Gasteiger charge is 2.16. The second kappa shape index (κ2) is 4.48. The van der Waals surface area contributed by atoms with Gasteiger partial charge in [-0.3, -0.25) is 0 Å². The molecule has 0 fully saturated rings. The third-order valence-corrected chi connectivity index (χ3v) is 2.35. The first-order chi connectivity index (χ1) is 6.20. The Morgan fingerprint density at radius 1 is 1.62 bits per heavy atom. The number of ether oxygens (including phenoxy) is 1. The molecule has 1 atom stereocenters. The van der Waals surface area contributed by atoms with Gasteiger partial charge in [0.05, 0.1) is 0 Å². The van der Waals surface area contributed by atoms with E-state index in [1.54, 1.807) is 12.1 Å². The Balaban J connectivity index is 3.17. The minimum atomic E-state index is -0.851. The van der Waals surface area contributed by atoms with Gasteiger partial charge in [-0.1, -0.05) is 22.0 Å². The molecule has 0 aliphatic carbocycles. The maximum Gasteiger partial charge on any atom is 0.153 e. The Labute approximate surface area is 83.8 Å². The molecule has 4 heteroatoms. The first-order valence-corrected chi connectivity index (χ1v) is 4.42. The zero-order chi connectivity index (χ0) is 9.84. The van der Waals surface area contributed by atoms with E-state index in [9.17, 15) is 9.18 Å². The fourth-order valence-corrected chi connectivity index (χ4v) is 1.59. The lowest BCUT2D eigenvalue weighted by atomic mass is 10.1. The number of rotatable bonds is 3. The third kappa shape index (κ3) is 2.14. The Hall–Kier alpha value is -0.740. The van der Waals surface area contributed by atoms with Gasteiger partial charge < -0.3 is 9.53 Å². The van der Waals surface area contributed by atoms with Gasteiger partial charge in [-0.2, -0.15) is 0 Å². The second-order valence-corrected chi connectivity index (χ2v) is 3.28. The van der Waals surface area contributed by atoms with Crippen LogP contribution in [0.15, 0.2) is 22.7 Å². The molecule has 0 aromatic heterocycles. The van der Waals surface area contributed by atoms with Crippen molar-refractivity contribution in [1.29, 1.82) is 0 Å². The molecule has 0 aliphatic heterocycles. The lowest BCUT2D eigenvalue weighted by Crippen LogP contribution is -2.06. The van der Waals surface area contributed by atoms with E-state index < -0.39 is 11.9 Å². The number of hydrogen-bond donors (Lipinski definition) is 0. The highest BCUT2D eigenvalue weighted by atomic mass is 79.9. The van der Waals surface area contributed by atoms with Crippen molar-refractivity contribution in [3.63, 3.8) is 0 Å². The highest BCUT2D eigenvalue weighted by Crippen LogP contribution is 2.26. The summed E-state index contributed by atoms with van der Waals surface area (Å²) in [4.78, 5) is 10.5. The predicted octanol–water partition coefficient (Wildman–Crippen LogP) is 2.47. The molecule has 0 bridgehead atoms. The van der Waals surface area contributed by atoms with Crippen LogP contribution in [0.1, 0.15) is 11.7 Å².